The minimum absolute atomic E-state index is 0.930. The highest BCUT2D eigenvalue weighted by molar-refractivity contribution is 6.25. The van der Waals surface area contributed by atoms with Crippen molar-refractivity contribution in [2.45, 2.75) is 0 Å². The van der Waals surface area contributed by atoms with Crippen molar-refractivity contribution in [2.24, 2.45) is 0 Å². The molecule has 6 rings (SSSR count). The second-order valence-corrected chi connectivity index (χ2v) is 6.57. The maximum Gasteiger partial charge on any atom is 0.139 e. The first kappa shape index (κ1) is 13.0. The molecular weight excluding hydrogens is 304 g/mol. The van der Waals surface area contributed by atoms with Crippen molar-refractivity contribution in [3.63, 3.8) is 0 Å². The number of fused-ring (bicyclic) bond motifs is 1. The van der Waals surface area contributed by atoms with Crippen LogP contribution in [-0.4, -0.2) is 9.97 Å². The second kappa shape index (κ2) is 4.58. The SMILES string of the molecule is c1cc2ccc3ccc(-c4nc5ccccc5[nH]4)c4ccc(c1)c2c34. The highest BCUT2D eigenvalue weighted by atomic mass is 14.9. The number of aromatic amines is 1. The van der Waals surface area contributed by atoms with E-state index in [2.05, 4.69) is 65.6 Å². The van der Waals surface area contributed by atoms with Crippen LogP contribution in [0.5, 0.6) is 0 Å². The summed E-state index contributed by atoms with van der Waals surface area (Å²) in [5.41, 5.74) is 3.23. The number of benzene rings is 5. The van der Waals surface area contributed by atoms with Gasteiger partial charge in [0.1, 0.15) is 5.82 Å². The molecule has 2 nitrogen and oxygen atoms in total. The van der Waals surface area contributed by atoms with Crippen molar-refractivity contribution in [3.8, 4) is 11.4 Å². The summed E-state index contributed by atoms with van der Waals surface area (Å²) >= 11 is 0. The molecule has 6 aromatic rings. The van der Waals surface area contributed by atoms with Gasteiger partial charge >= 0.3 is 0 Å². The molecule has 0 aliphatic heterocycles. The summed E-state index contributed by atoms with van der Waals surface area (Å²) in [6.45, 7) is 0. The molecule has 1 heterocycles. The Morgan fingerprint density at radius 1 is 0.600 bits per heavy atom. The second-order valence-electron chi connectivity index (χ2n) is 6.57. The Morgan fingerprint density at radius 3 is 2.16 bits per heavy atom. The van der Waals surface area contributed by atoms with E-state index >= 15 is 0 Å². The Labute approximate surface area is 144 Å². The van der Waals surface area contributed by atoms with Crippen molar-refractivity contribution >= 4 is 43.4 Å². The number of hydrogen-bond donors (Lipinski definition) is 1. The lowest BCUT2D eigenvalue weighted by molar-refractivity contribution is 1.35. The standard InChI is InChI=1S/C23H14N2/c1-2-7-20-19(6-1)24-23(25-20)18-13-11-16-9-8-14-4-3-5-15-10-12-17(18)22(16)21(14)15/h1-13H,(H,24,25). The molecule has 116 valence electrons. The van der Waals surface area contributed by atoms with Crippen LogP contribution in [0.15, 0.2) is 78.9 Å². The van der Waals surface area contributed by atoms with Crippen molar-refractivity contribution in [1.82, 2.24) is 9.97 Å². The number of para-hydroxylation sites is 2. The zero-order chi connectivity index (χ0) is 16.4. The van der Waals surface area contributed by atoms with E-state index in [1.807, 2.05) is 18.2 Å². The smallest absolute Gasteiger partial charge is 0.139 e. The van der Waals surface area contributed by atoms with Crippen LogP contribution in [0.3, 0.4) is 0 Å². The molecule has 0 saturated heterocycles. The van der Waals surface area contributed by atoms with Crippen molar-refractivity contribution in [3.05, 3.63) is 78.9 Å². The Balaban J connectivity index is 1.78. The molecule has 1 aromatic heterocycles. The van der Waals surface area contributed by atoms with E-state index in [-0.39, 0.29) is 0 Å². The summed E-state index contributed by atoms with van der Waals surface area (Å²) in [5, 5.41) is 7.78. The summed E-state index contributed by atoms with van der Waals surface area (Å²) in [6, 6.07) is 27.9. The van der Waals surface area contributed by atoms with E-state index in [0.29, 0.717) is 0 Å². The first-order valence-corrected chi connectivity index (χ1v) is 8.50. The number of rotatable bonds is 1. The Bertz CT molecular complexity index is 1340. The van der Waals surface area contributed by atoms with Crippen LogP contribution in [0, 0.1) is 0 Å². The summed E-state index contributed by atoms with van der Waals surface area (Å²) in [4.78, 5) is 8.28. The molecule has 0 unspecified atom stereocenters. The number of imidazole rings is 1. The van der Waals surface area contributed by atoms with Gasteiger partial charge in [-0.1, -0.05) is 66.7 Å². The van der Waals surface area contributed by atoms with E-state index in [0.717, 1.165) is 22.4 Å². The molecule has 0 atom stereocenters. The monoisotopic (exact) mass is 318 g/mol. The third-order valence-corrected chi connectivity index (χ3v) is 5.17. The van der Waals surface area contributed by atoms with E-state index in [4.69, 9.17) is 4.98 Å². The van der Waals surface area contributed by atoms with Crippen LogP contribution < -0.4 is 0 Å². The van der Waals surface area contributed by atoms with E-state index < -0.39 is 0 Å². The van der Waals surface area contributed by atoms with Crippen LogP contribution in [0.4, 0.5) is 0 Å². The van der Waals surface area contributed by atoms with Crippen LogP contribution in [0.2, 0.25) is 0 Å². The molecule has 0 fully saturated rings. The maximum atomic E-state index is 4.81. The molecule has 0 aliphatic carbocycles. The molecular formula is C23H14N2. The molecule has 0 aliphatic rings. The topological polar surface area (TPSA) is 28.7 Å². The zero-order valence-corrected chi connectivity index (χ0v) is 13.5. The number of hydrogen-bond acceptors (Lipinski definition) is 1. The van der Waals surface area contributed by atoms with Crippen LogP contribution >= 0.6 is 0 Å². The van der Waals surface area contributed by atoms with Gasteiger partial charge in [-0.25, -0.2) is 4.98 Å². The minimum Gasteiger partial charge on any atom is -0.338 e. The fourth-order valence-corrected chi connectivity index (χ4v) is 4.02. The Morgan fingerprint density at radius 2 is 1.32 bits per heavy atom. The van der Waals surface area contributed by atoms with Gasteiger partial charge in [-0.2, -0.15) is 0 Å². The molecule has 0 saturated carbocycles. The predicted molar refractivity (Wildman–Crippen MR) is 105 cm³/mol. The molecule has 0 amide bonds. The molecule has 0 bridgehead atoms. The molecule has 0 spiro atoms. The summed E-state index contributed by atoms with van der Waals surface area (Å²) in [6.07, 6.45) is 0. The summed E-state index contributed by atoms with van der Waals surface area (Å²) in [7, 11) is 0. The Kier molecular flexibility index (Phi) is 2.37. The minimum atomic E-state index is 0.930. The highest BCUT2D eigenvalue weighted by Gasteiger charge is 2.13. The predicted octanol–water partition coefficient (Wildman–Crippen LogP) is 6.13. The lowest BCUT2D eigenvalue weighted by Gasteiger charge is -2.12. The van der Waals surface area contributed by atoms with Gasteiger partial charge in [-0.05, 0) is 44.5 Å². The van der Waals surface area contributed by atoms with Crippen LogP contribution in [0.25, 0.3) is 54.7 Å². The first-order valence-electron chi connectivity index (χ1n) is 8.50. The molecule has 25 heavy (non-hydrogen) atoms. The van der Waals surface area contributed by atoms with Crippen molar-refractivity contribution in [1.29, 1.82) is 0 Å². The Hall–Kier alpha value is -3.39. The fourth-order valence-electron chi connectivity index (χ4n) is 4.02. The van der Waals surface area contributed by atoms with Gasteiger partial charge < -0.3 is 4.98 Å². The van der Waals surface area contributed by atoms with Gasteiger partial charge in [-0.15, -0.1) is 0 Å². The van der Waals surface area contributed by atoms with Gasteiger partial charge in [-0.3, -0.25) is 0 Å². The normalized spacial score (nSPS) is 12.0. The number of H-pyrrole nitrogens is 1. The molecule has 0 radical (unpaired) electrons. The highest BCUT2D eigenvalue weighted by Crippen LogP contribution is 2.38. The van der Waals surface area contributed by atoms with E-state index in [9.17, 15) is 0 Å². The fraction of sp³-hybridized carbons (Fsp3) is 0. The van der Waals surface area contributed by atoms with E-state index in [1.54, 1.807) is 0 Å². The lowest BCUT2D eigenvalue weighted by Crippen LogP contribution is -1.88. The first-order chi connectivity index (χ1) is 12.4. The molecule has 1 N–H and O–H groups in total. The zero-order valence-electron chi connectivity index (χ0n) is 13.5. The average molecular weight is 318 g/mol. The largest absolute Gasteiger partial charge is 0.338 e. The third-order valence-electron chi connectivity index (χ3n) is 5.17. The molecule has 5 aromatic carbocycles. The number of aromatic nitrogens is 2. The van der Waals surface area contributed by atoms with E-state index in [1.165, 1.54) is 32.3 Å². The van der Waals surface area contributed by atoms with Gasteiger partial charge in [0.25, 0.3) is 0 Å². The molecule has 2 heteroatoms. The lowest BCUT2D eigenvalue weighted by atomic mass is 9.92. The van der Waals surface area contributed by atoms with Crippen LogP contribution in [0.1, 0.15) is 0 Å². The van der Waals surface area contributed by atoms with Gasteiger partial charge in [0.05, 0.1) is 11.0 Å². The maximum absolute atomic E-state index is 4.81. The van der Waals surface area contributed by atoms with Gasteiger partial charge in [0, 0.05) is 5.56 Å². The summed E-state index contributed by atoms with van der Waals surface area (Å²) < 4.78 is 0. The van der Waals surface area contributed by atoms with Crippen molar-refractivity contribution < 1.29 is 0 Å². The van der Waals surface area contributed by atoms with Crippen molar-refractivity contribution in [2.75, 3.05) is 0 Å². The summed E-state index contributed by atoms with van der Waals surface area (Å²) in [5.74, 6) is 0.930. The van der Waals surface area contributed by atoms with Crippen LogP contribution in [-0.2, 0) is 0 Å². The van der Waals surface area contributed by atoms with Gasteiger partial charge in [0.15, 0.2) is 0 Å². The quantitative estimate of drug-likeness (QED) is 0.363. The number of nitrogens with zero attached hydrogens (tertiary/aromatic N) is 1. The third kappa shape index (κ3) is 1.71. The van der Waals surface area contributed by atoms with Gasteiger partial charge in [0.2, 0.25) is 0 Å². The number of nitrogens with one attached hydrogen (secondary N) is 1. The average Bonchev–Trinajstić information content (AvgIpc) is 3.10.